The summed E-state index contributed by atoms with van der Waals surface area (Å²) in [5, 5.41) is 11.3. The molecule has 112 valence electrons. The summed E-state index contributed by atoms with van der Waals surface area (Å²) in [6.07, 6.45) is 3.52. The minimum absolute atomic E-state index is 0.0604. The summed E-state index contributed by atoms with van der Waals surface area (Å²) in [5.74, 6) is 1.38. The second-order valence-corrected chi connectivity index (χ2v) is 4.96. The van der Waals surface area contributed by atoms with Crippen molar-refractivity contribution in [2.45, 2.75) is 13.0 Å². The van der Waals surface area contributed by atoms with E-state index in [1.165, 1.54) is 0 Å². The van der Waals surface area contributed by atoms with Gasteiger partial charge in [0.25, 0.3) is 0 Å². The van der Waals surface area contributed by atoms with E-state index in [1.807, 2.05) is 20.0 Å². The normalized spacial score (nSPS) is 17.0. The second-order valence-electron chi connectivity index (χ2n) is 4.96. The number of piperazine rings is 1. The van der Waals surface area contributed by atoms with Crippen molar-refractivity contribution in [1.29, 1.82) is 0 Å². The minimum Gasteiger partial charge on any atom is -0.406 e. The monoisotopic (exact) mass is 289 g/mol. The van der Waals surface area contributed by atoms with E-state index in [0.29, 0.717) is 11.9 Å². The van der Waals surface area contributed by atoms with Crippen LogP contribution in [0.25, 0.3) is 0 Å². The maximum absolute atomic E-state index is 5.71. The van der Waals surface area contributed by atoms with Crippen LogP contribution < -0.4 is 15.1 Å². The van der Waals surface area contributed by atoms with Crippen LogP contribution in [-0.2, 0) is 0 Å². The molecule has 1 aliphatic heterocycles. The molecular formula is C13H19N7O. The number of aromatic nitrogens is 4. The van der Waals surface area contributed by atoms with Crippen LogP contribution in [0, 0.1) is 0 Å². The lowest BCUT2D eigenvalue weighted by atomic mass is 10.3. The van der Waals surface area contributed by atoms with Crippen LogP contribution in [0.5, 0.6) is 0 Å². The summed E-state index contributed by atoms with van der Waals surface area (Å²) in [4.78, 5) is 12.8. The van der Waals surface area contributed by atoms with Gasteiger partial charge in [-0.15, -0.1) is 5.10 Å². The highest BCUT2D eigenvalue weighted by Crippen LogP contribution is 2.19. The Bertz CT molecular complexity index is 565. The topological polar surface area (TPSA) is 83.2 Å². The van der Waals surface area contributed by atoms with Gasteiger partial charge in [-0.05, 0) is 20.0 Å². The molecule has 1 unspecified atom stereocenters. The van der Waals surface area contributed by atoms with Crippen LogP contribution in [0.3, 0.4) is 0 Å². The van der Waals surface area contributed by atoms with E-state index in [4.69, 9.17) is 4.42 Å². The fourth-order valence-electron chi connectivity index (χ4n) is 2.20. The molecule has 0 saturated carbocycles. The highest BCUT2D eigenvalue weighted by molar-refractivity contribution is 5.35. The van der Waals surface area contributed by atoms with Gasteiger partial charge in [0.15, 0.2) is 0 Å². The number of hydrogen-bond acceptors (Lipinski definition) is 8. The molecule has 0 radical (unpaired) electrons. The van der Waals surface area contributed by atoms with Crippen molar-refractivity contribution in [3.05, 3.63) is 24.4 Å². The van der Waals surface area contributed by atoms with Crippen molar-refractivity contribution in [3.63, 3.8) is 0 Å². The van der Waals surface area contributed by atoms with E-state index in [2.05, 4.69) is 35.3 Å². The first-order valence-corrected chi connectivity index (χ1v) is 7.05. The molecule has 0 spiro atoms. The maximum Gasteiger partial charge on any atom is 0.318 e. The summed E-state index contributed by atoms with van der Waals surface area (Å²) >= 11 is 0. The van der Waals surface area contributed by atoms with E-state index in [0.717, 1.165) is 32.1 Å². The molecule has 2 aromatic heterocycles. The van der Waals surface area contributed by atoms with Crippen molar-refractivity contribution in [3.8, 4) is 0 Å². The van der Waals surface area contributed by atoms with Gasteiger partial charge in [-0.25, -0.2) is 9.97 Å². The molecule has 21 heavy (non-hydrogen) atoms. The van der Waals surface area contributed by atoms with Gasteiger partial charge < -0.3 is 19.5 Å². The van der Waals surface area contributed by atoms with Crippen molar-refractivity contribution in [2.75, 3.05) is 43.0 Å². The molecule has 1 N–H and O–H groups in total. The van der Waals surface area contributed by atoms with E-state index in [1.54, 1.807) is 12.4 Å². The van der Waals surface area contributed by atoms with E-state index in [-0.39, 0.29) is 6.04 Å². The quantitative estimate of drug-likeness (QED) is 0.869. The summed E-state index contributed by atoms with van der Waals surface area (Å²) < 4.78 is 5.71. The van der Waals surface area contributed by atoms with Crippen molar-refractivity contribution < 1.29 is 4.42 Å². The predicted octanol–water partition coefficient (Wildman–Crippen LogP) is 0.467. The van der Waals surface area contributed by atoms with Crippen LogP contribution in [0.4, 0.5) is 12.0 Å². The van der Waals surface area contributed by atoms with Crippen LogP contribution in [0.15, 0.2) is 22.9 Å². The Kier molecular flexibility index (Phi) is 3.96. The first-order chi connectivity index (χ1) is 10.3. The summed E-state index contributed by atoms with van der Waals surface area (Å²) in [7, 11) is 1.87. The zero-order chi connectivity index (χ0) is 14.7. The number of anilines is 2. The Morgan fingerprint density at radius 1 is 1.10 bits per heavy atom. The van der Waals surface area contributed by atoms with E-state index in [9.17, 15) is 0 Å². The van der Waals surface area contributed by atoms with Gasteiger partial charge in [0.1, 0.15) is 0 Å². The molecule has 3 rings (SSSR count). The summed E-state index contributed by atoms with van der Waals surface area (Å²) in [5.41, 5.74) is 0. The van der Waals surface area contributed by atoms with Gasteiger partial charge >= 0.3 is 6.01 Å². The third-order valence-electron chi connectivity index (χ3n) is 3.62. The van der Waals surface area contributed by atoms with E-state index < -0.39 is 0 Å². The van der Waals surface area contributed by atoms with Crippen LogP contribution in [0.1, 0.15) is 18.9 Å². The molecular weight excluding hydrogens is 270 g/mol. The van der Waals surface area contributed by atoms with Crippen molar-refractivity contribution >= 4 is 12.0 Å². The Morgan fingerprint density at radius 2 is 1.76 bits per heavy atom. The SMILES string of the molecule is CNC(C)c1nnc(N2CCN(c3ncccn3)CC2)o1. The lowest BCUT2D eigenvalue weighted by molar-refractivity contribution is 0.425. The molecule has 8 nitrogen and oxygen atoms in total. The van der Waals surface area contributed by atoms with E-state index >= 15 is 0 Å². The molecule has 0 bridgehead atoms. The standard InChI is InChI=1S/C13H19N7O/c1-10(14-2)11-17-18-13(21-11)20-8-6-19(7-9-20)12-15-4-3-5-16-12/h3-5,10,14H,6-9H2,1-2H3. The van der Waals surface area contributed by atoms with Crippen molar-refractivity contribution in [2.24, 2.45) is 0 Å². The Labute approximate surface area is 123 Å². The average molecular weight is 289 g/mol. The molecule has 0 aliphatic carbocycles. The van der Waals surface area contributed by atoms with Gasteiger partial charge in [0.2, 0.25) is 11.8 Å². The predicted molar refractivity (Wildman–Crippen MR) is 78.2 cm³/mol. The molecule has 1 aliphatic rings. The molecule has 1 atom stereocenters. The third kappa shape index (κ3) is 2.94. The minimum atomic E-state index is 0.0604. The molecule has 1 saturated heterocycles. The molecule has 0 aromatic carbocycles. The fraction of sp³-hybridized carbons (Fsp3) is 0.538. The van der Waals surface area contributed by atoms with Gasteiger partial charge in [0.05, 0.1) is 6.04 Å². The molecule has 1 fully saturated rings. The number of nitrogens with zero attached hydrogens (tertiary/aromatic N) is 6. The Morgan fingerprint density at radius 3 is 2.43 bits per heavy atom. The van der Waals surface area contributed by atoms with Gasteiger partial charge in [-0.3, -0.25) is 0 Å². The molecule has 3 heterocycles. The van der Waals surface area contributed by atoms with Crippen LogP contribution in [0.2, 0.25) is 0 Å². The average Bonchev–Trinajstić information content (AvgIpc) is 3.05. The first kappa shape index (κ1) is 13.7. The maximum atomic E-state index is 5.71. The highest BCUT2D eigenvalue weighted by atomic mass is 16.4. The zero-order valence-corrected chi connectivity index (χ0v) is 12.2. The molecule has 2 aromatic rings. The first-order valence-electron chi connectivity index (χ1n) is 7.05. The number of rotatable bonds is 4. The third-order valence-corrected chi connectivity index (χ3v) is 3.62. The van der Waals surface area contributed by atoms with Gasteiger partial charge in [0, 0.05) is 38.6 Å². The number of nitrogens with one attached hydrogen (secondary N) is 1. The fourth-order valence-corrected chi connectivity index (χ4v) is 2.20. The van der Waals surface area contributed by atoms with Crippen molar-refractivity contribution in [1.82, 2.24) is 25.5 Å². The largest absolute Gasteiger partial charge is 0.406 e. The summed E-state index contributed by atoms with van der Waals surface area (Å²) in [6.45, 7) is 5.29. The van der Waals surface area contributed by atoms with Gasteiger partial charge in [-0.2, -0.15) is 0 Å². The zero-order valence-electron chi connectivity index (χ0n) is 12.2. The van der Waals surface area contributed by atoms with Crippen LogP contribution >= 0.6 is 0 Å². The Hall–Kier alpha value is -2.22. The molecule has 0 amide bonds. The highest BCUT2D eigenvalue weighted by Gasteiger charge is 2.23. The lowest BCUT2D eigenvalue weighted by Gasteiger charge is -2.33. The number of hydrogen-bond donors (Lipinski definition) is 1. The Balaban J connectivity index is 1.62. The second kappa shape index (κ2) is 6.04. The van der Waals surface area contributed by atoms with Gasteiger partial charge in [-0.1, -0.05) is 5.10 Å². The van der Waals surface area contributed by atoms with Crippen LogP contribution in [-0.4, -0.2) is 53.4 Å². The molecule has 8 heteroatoms. The smallest absolute Gasteiger partial charge is 0.318 e. The summed E-state index contributed by atoms with van der Waals surface area (Å²) in [6, 6.07) is 2.47. The lowest BCUT2D eigenvalue weighted by Crippen LogP contribution is -2.47.